The van der Waals surface area contributed by atoms with Gasteiger partial charge in [0.15, 0.2) is 17.5 Å². The first-order chi connectivity index (χ1) is 14.4. The van der Waals surface area contributed by atoms with E-state index in [4.69, 9.17) is 0 Å². The molecule has 6 nitrogen and oxygen atoms in total. The second-order valence-corrected chi connectivity index (χ2v) is 7.36. The predicted molar refractivity (Wildman–Crippen MR) is 106 cm³/mol. The van der Waals surface area contributed by atoms with E-state index in [0.717, 1.165) is 48.5 Å². The standard InChI is InChI=1S/C21H20F3N5O/c1-12-3-2-4-17-18(27-12)7-14(8-25-17)21(30)28-19-10-29(11-26-19)9-13-5-15(22)20(24)16(23)6-13/h5-8,11,19,27H,1-4,9-10H2,(H,28,30). The van der Waals surface area contributed by atoms with E-state index in [1.165, 1.54) is 12.5 Å². The number of carbonyl (C=O) groups excluding carboxylic acids is 1. The number of nitrogens with zero attached hydrogens (tertiary/aromatic N) is 3. The fraction of sp³-hybridized carbons (Fsp3) is 0.286. The number of allylic oxidation sites excluding steroid dienone is 1. The van der Waals surface area contributed by atoms with Crippen molar-refractivity contribution in [2.24, 2.45) is 4.99 Å². The summed E-state index contributed by atoms with van der Waals surface area (Å²) in [6.07, 6.45) is 5.12. The van der Waals surface area contributed by atoms with Crippen molar-refractivity contribution in [1.82, 2.24) is 15.2 Å². The van der Waals surface area contributed by atoms with E-state index in [0.29, 0.717) is 12.1 Å². The number of aryl methyl sites for hydroxylation is 1. The van der Waals surface area contributed by atoms with Crippen molar-refractivity contribution in [2.75, 3.05) is 11.9 Å². The van der Waals surface area contributed by atoms with Crippen LogP contribution in [0.4, 0.5) is 18.9 Å². The second kappa shape index (κ2) is 8.17. The number of pyridine rings is 1. The van der Waals surface area contributed by atoms with Crippen LogP contribution >= 0.6 is 0 Å². The quantitative estimate of drug-likeness (QED) is 0.752. The number of benzene rings is 1. The predicted octanol–water partition coefficient (Wildman–Crippen LogP) is 3.36. The highest BCUT2D eigenvalue weighted by atomic mass is 19.2. The summed E-state index contributed by atoms with van der Waals surface area (Å²) in [5.74, 6) is -4.30. The lowest BCUT2D eigenvalue weighted by Gasteiger charge is -2.17. The Morgan fingerprint density at radius 3 is 2.77 bits per heavy atom. The summed E-state index contributed by atoms with van der Waals surface area (Å²) in [4.78, 5) is 22.9. The van der Waals surface area contributed by atoms with Crippen molar-refractivity contribution in [3.05, 3.63) is 70.9 Å². The number of aromatic nitrogens is 1. The minimum absolute atomic E-state index is 0.135. The summed E-state index contributed by atoms with van der Waals surface area (Å²) in [7, 11) is 0. The van der Waals surface area contributed by atoms with Crippen LogP contribution in [-0.4, -0.2) is 34.8 Å². The molecule has 0 radical (unpaired) electrons. The number of rotatable bonds is 4. The Balaban J connectivity index is 1.37. The van der Waals surface area contributed by atoms with E-state index in [9.17, 15) is 18.0 Å². The van der Waals surface area contributed by atoms with Crippen molar-refractivity contribution < 1.29 is 18.0 Å². The lowest BCUT2D eigenvalue weighted by molar-refractivity contribution is 0.0936. The number of hydrogen-bond donors (Lipinski definition) is 2. The SMILES string of the molecule is C=C1CCCc2ncc(C(=O)NC3CN(Cc4cc(F)c(F)c(F)c4)C=N3)cc2N1. The zero-order chi connectivity index (χ0) is 21.3. The van der Waals surface area contributed by atoms with Gasteiger partial charge in [0.25, 0.3) is 5.91 Å². The number of hydrogen-bond acceptors (Lipinski definition) is 5. The summed E-state index contributed by atoms with van der Waals surface area (Å²) in [5.41, 5.74) is 3.23. The molecule has 2 N–H and O–H groups in total. The van der Waals surface area contributed by atoms with Gasteiger partial charge >= 0.3 is 0 Å². The average molecular weight is 415 g/mol. The molecule has 1 atom stereocenters. The minimum atomic E-state index is -1.49. The van der Waals surface area contributed by atoms with E-state index >= 15 is 0 Å². The number of amides is 1. The van der Waals surface area contributed by atoms with Crippen LogP contribution in [0.15, 0.2) is 41.7 Å². The third kappa shape index (κ3) is 4.29. The molecule has 0 bridgehead atoms. The van der Waals surface area contributed by atoms with Gasteiger partial charge in [-0.25, -0.2) is 18.2 Å². The highest BCUT2D eigenvalue weighted by Crippen LogP contribution is 2.24. The molecule has 1 unspecified atom stereocenters. The molecule has 4 rings (SSSR count). The molecule has 2 aliphatic rings. The highest BCUT2D eigenvalue weighted by molar-refractivity contribution is 5.95. The summed E-state index contributed by atoms with van der Waals surface area (Å²) >= 11 is 0. The molecule has 9 heteroatoms. The third-order valence-corrected chi connectivity index (χ3v) is 4.98. The summed E-state index contributed by atoms with van der Waals surface area (Å²) in [6.45, 7) is 4.41. The molecule has 1 aromatic heterocycles. The molecule has 30 heavy (non-hydrogen) atoms. The molecule has 0 saturated heterocycles. The molecule has 2 aliphatic heterocycles. The molecule has 0 fully saturated rings. The maximum atomic E-state index is 13.4. The van der Waals surface area contributed by atoms with Crippen LogP contribution in [0.5, 0.6) is 0 Å². The highest BCUT2D eigenvalue weighted by Gasteiger charge is 2.22. The van der Waals surface area contributed by atoms with Crippen LogP contribution in [0, 0.1) is 17.5 Å². The monoisotopic (exact) mass is 415 g/mol. The fourth-order valence-electron chi connectivity index (χ4n) is 3.49. The van der Waals surface area contributed by atoms with Crippen LogP contribution in [0.25, 0.3) is 0 Å². The normalized spacial score (nSPS) is 18.0. The van der Waals surface area contributed by atoms with E-state index in [2.05, 4.69) is 27.2 Å². The Hall–Kier alpha value is -3.36. The maximum absolute atomic E-state index is 13.4. The van der Waals surface area contributed by atoms with Crippen LogP contribution in [0.1, 0.15) is 34.5 Å². The third-order valence-electron chi connectivity index (χ3n) is 4.98. The lowest BCUT2D eigenvalue weighted by Crippen LogP contribution is -2.37. The molecule has 3 heterocycles. The zero-order valence-corrected chi connectivity index (χ0v) is 16.1. The molecular weight excluding hydrogens is 395 g/mol. The lowest BCUT2D eigenvalue weighted by atomic mass is 10.1. The van der Waals surface area contributed by atoms with Gasteiger partial charge in [-0.05, 0) is 43.0 Å². The zero-order valence-electron chi connectivity index (χ0n) is 16.1. The molecule has 0 aliphatic carbocycles. The van der Waals surface area contributed by atoms with Crippen molar-refractivity contribution in [2.45, 2.75) is 32.0 Å². The van der Waals surface area contributed by atoms with Crippen molar-refractivity contribution >= 4 is 17.9 Å². The van der Waals surface area contributed by atoms with Gasteiger partial charge in [-0.2, -0.15) is 0 Å². The van der Waals surface area contributed by atoms with Gasteiger partial charge in [0.2, 0.25) is 0 Å². The summed E-state index contributed by atoms with van der Waals surface area (Å²) < 4.78 is 39.8. The van der Waals surface area contributed by atoms with Crippen molar-refractivity contribution in [3.63, 3.8) is 0 Å². The average Bonchev–Trinajstić information content (AvgIpc) is 3.04. The van der Waals surface area contributed by atoms with Gasteiger partial charge in [-0.1, -0.05) is 6.58 Å². The molecule has 0 spiro atoms. The first-order valence-electron chi connectivity index (χ1n) is 9.54. The van der Waals surface area contributed by atoms with Crippen LogP contribution in [0.3, 0.4) is 0 Å². The van der Waals surface area contributed by atoms with Gasteiger partial charge < -0.3 is 15.5 Å². The minimum Gasteiger partial charge on any atom is -0.358 e. The van der Waals surface area contributed by atoms with Gasteiger partial charge in [0.1, 0.15) is 6.17 Å². The molecule has 2 aromatic rings. The number of aliphatic imine (C=N–C) groups is 1. The Morgan fingerprint density at radius 2 is 2.00 bits per heavy atom. The number of carbonyl (C=O) groups is 1. The smallest absolute Gasteiger partial charge is 0.254 e. The second-order valence-electron chi connectivity index (χ2n) is 7.36. The van der Waals surface area contributed by atoms with Crippen LogP contribution < -0.4 is 10.6 Å². The molecule has 0 saturated carbocycles. The van der Waals surface area contributed by atoms with Crippen molar-refractivity contribution in [1.29, 1.82) is 0 Å². The first kappa shape index (κ1) is 19.9. The van der Waals surface area contributed by atoms with Crippen LogP contribution in [-0.2, 0) is 13.0 Å². The fourth-order valence-corrected chi connectivity index (χ4v) is 3.49. The number of nitrogens with one attached hydrogen (secondary N) is 2. The van der Waals surface area contributed by atoms with E-state index in [-0.39, 0.29) is 18.0 Å². The number of fused-ring (bicyclic) bond motifs is 1. The molecule has 1 amide bonds. The number of anilines is 1. The summed E-state index contributed by atoms with van der Waals surface area (Å²) in [6, 6.07) is 3.63. The molecule has 156 valence electrons. The Labute approximate surface area is 171 Å². The topological polar surface area (TPSA) is 69.6 Å². The van der Waals surface area contributed by atoms with Gasteiger partial charge in [-0.3, -0.25) is 9.78 Å². The largest absolute Gasteiger partial charge is 0.358 e. The Morgan fingerprint density at radius 1 is 1.23 bits per heavy atom. The van der Waals surface area contributed by atoms with E-state index in [1.54, 1.807) is 11.0 Å². The van der Waals surface area contributed by atoms with E-state index < -0.39 is 23.6 Å². The van der Waals surface area contributed by atoms with Gasteiger partial charge in [-0.15, -0.1) is 0 Å². The number of halogens is 3. The maximum Gasteiger partial charge on any atom is 0.254 e. The molecular formula is C21H20F3N5O. The van der Waals surface area contributed by atoms with Gasteiger partial charge in [0.05, 0.1) is 29.8 Å². The molecule has 1 aromatic carbocycles. The van der Waals surface area contributed by atoms with E-state index in [1.807, 2.05) is 0 Å². The Kier molecular flexibility index (Phi) is 5.43. The first-order valence-corrected chi connectivity index (χ1v) is 9.54. The Bertz CT molecular complexity index is 1020. The van der Waals surface area contributed by atoms with Crippen LogP contribution in [0.2, 0.25) is 0 Å². The van der Waals surface area contributed by atoms with Crippen molar-refractivity contribution in [3.8, 4) is 0 Å². The summed E-state index contributed by atoms with van der Waals surface area (Å²) in [5, 5.41) is 6.00. The van der Waals surface area contributed by atoms with Gasteiger partial charge in [0, 0.05) is 18.4 Å².